The number of aliphatic hydroxyl groups is 2. The lowest BCUT2D eigenvalue weighted by Gasteiger charge is -2.63. The molecular weight excluding hydrogens is 392 g/mol. The molecule has 5 aliphatic carbocycles. The van der Waals surface area contributed by atoms with Crippen molar-refractivity contribution in [3.8, 4) is 0 Å². The highest BCUT2D eigenvalue weighted by Crippen LogP contribution is 2.89. The number of aliphatic hydroxyl groups excluding tert-OH is 1. The molecule has 182 valence electrons. The molecule has 9 atom stereocenters. The van der Waals surface area contributed by atoms with Crippen LogP contribution in [0.15, 0.2) is 12.2 Å². The molecule has 5 fully saturated rings. The first-order valence-corrected chi connectivity index (χ1v) is 13.8. The normalized spacial score (nSPS) is 52.7. The van der Waals surface area contributed by atoms with Gasteiger partial charge in [0.2, 0.25) is 0 Å². The first-order chi connectivity index (χ1) is 14.7. The minimum atomic E-state index is -0.609. The topological polar surface area (TPSA) is 40.5 Å². The molecule has 5 rings (SSSR count). The number of hydrogen-bond acceptors (Lipinski definition) is 2. The van der Waals surface area contributed by atoms with Crippen molar-refractivity contribution in [2.75, 3.05) is 0 Å². The molecule has 0 aliphatic heterocycles. The Labute approximate surface area is 197 Å². The molecule has 0 heterocycles. The zero-order valence-corrected chi connectivity index (χ0v) is 22.0. The molecule has 0 radical (unpaired) electrons. The van der Waals surface area contributed by atoms with Gasteiger partial charge in [-0.2, -0.15) is 0 Å². The summed E-state index contributed by atoms with van der Waals surface area (Å²) in [6.45, 7) is 16.4. The maximum atomic E-state index is 10.8. The smallest absolute Gasteiger partial charge is 0.0626 e. The van der Waals surface area contributed by atoms with Crippen LogP contribution >= 0.6 is 0 Å². The maximum Gasteiger partial charge on any atom is 0.0626 e. The molecule has 2 spiro atoms. The van der Waals surface area contributed by atoms with Crippen molar-refractivity contribution in [2.24, 2.45) is 50.7 Å². The van der Waals surface area contributed by atoms with Crippen molar-refractivity contribution in [2.45, 2.75) is 124 Å². The van der Waals surface area contributed by atoms with Crippen LogP contribution < -0.4 is 0 Å². The van der Waals surface area contributed by atoms with Gasteiger partial charge in [-0.05, 0) is 129 Å². The first kappa shape index (κ1) is 23.4. The molecule has 32 heavy (non-hydrogen) atoms. The number of rotatable bonds is 4. The Morgan fingerprint density at radius 1 is 0.875 bits per heavy atom. The third-order valence-corrected chi connectivity index (χ3v) is 12.8. The van der Waals surface area contributed by atoms with Crippen molar-refractivity contribution in [3.05, 3.63) is 12.2 Å². The molecule has 0 unspecified atom stereocenters. The van der Waals surface area contributed by atoms with Gasteiger partial charge in [-0.1, -0.05) is 46.8 Å². The second kappa shape index (κ2) is 6.87. The second-order valence-corrected chi connectivity index (χ2v) is 14.8. The Kier molecular flexibility index (Phi) is 5.02. The molecular formula is C30H50O2. The Balaban J connectivity index is 1.40. The summed E-state index contributed by atoms with van der Waals surface area (Å²) in [6, 6.07) is 0. The average Bonchev–Trinajstić information content (AvgIpc) is 3.27. The van der Waals surface area contributed by atoms with Crippen LogP contribution in [0.1, 0.15) is 113 Å². The SMILES string of the molecule is C[C@H](C=CCC(C)(C)O)[C@H]1CC[C@@]2(C)[C@@H]3CC[C@H]4C(C)(C)[C@@H](O)CC[C@@]45C[C@@]35CC[C@]12C. The van der Waals surface area contributed by atoms with Crippen LogP contribution in [-0.4, -0.2) is 21.9 Å². The van der Waals surface area contributed by atoms with Crippen LogP contribution in [0.2, 0.25) is 0 Å². The van der Waals surface area contributed by atoms with E-state index in [9.17, 15) is 10.2 Å². The van der Waals surface area contributed by atoms with Crippen LogP contribution in [0.4, 0.5) is 0 Å². The van der Waals surface area contributed by atoms with Gasteiger partial charge < -0.3 is 10.2 Å². The van der Waals surface area contributed by atoms with E-state index in [1.165, 1.54) is 51.4 Å². The molecule has 0 aromatic carbocycles. The van der Waals surface area contributed by atoms with E-state index in [0.717, 1.165) is 30.6 Å². The van der Waals surface area contributed by atoms with Crippen molar-refractivity contribution in [1.29, 1.82) is 0 Å². The summed E-state index contributed by atoms with van der Waals surface area (Å²) in [5.41, 5.74) is 1.49. The van der Waals surface area contributed by atoms with Gasteiger partial charge in [-0.15, -0.1) is 0 Å². The summed E-state index contributed by atoms with van der Waals surface area (Å²) in [6.07, 6.45) is 17.4. The van der Waals surface area contributed by atoms with Crippen LogP contribution in [-0.2, 0) is 0 Å². The molecule has 0 saturated heterocycles. The summed E-state index contributed by atoms with van der Waals surface area (Å²) in [5, 5.41) is 21.0. The van der Waals surface area contributed by atoms with E-state index in [1.807, 2.05) is 13.8 Å². The third kappa shape index (κ3) is 2.84. The maximum absolute atomic E-state index is 10.8. The van der Waals surface area contributed by atoms with Gasteiger partial charge in [-0.25, -0.2) is 0 Å². The average molecular weight is 443 g/mol. The summed E-state index contributed by atoms with van der Waals surface area (Å²) in [5.74, 6) is 2.96. The Bertz CT molecular complexity index is 791. The summed E-state index contributed by atoms with van der Waals surface area (Å²) in [4.78, 5) is 0. The quantitative estimate of drug-likeness (QED) is 0.454. The minimum absolute atomic E-state index is 0.0897. The summed E-state index contributed by atoms with van der Waals surface area (Å²) < 4.78 is 0. The fourth-order valence-corrected chi connectivity index (χ4v) is 10.9. The molecule has 5 aliphatic rings. The zero-order valence-electron chi connectivity index (χ0n) is 22.0. The van der Waals surface area contributed by atoms with Gasteiger partial charge in [0.15, 0.2) is 0 Å². The van der Waals surface area contributed by atoms with Gasteiger partial charge in [0.1, 0.15) is 0 Å². The third-order valence-electron chi connectivity index (χ3n) is 12.8. The van der Waals surface area contributed by atoms with E-state index in [1.54, 1.807) is 0 Å². The highest BCUT2D eigenvalue weighted by atomic mass is 16.3. The Morgan fingerprint density at radius 3 is 2.22 bits per heavy atom. The predicted molar refractivity (Wildman–Crippen MR) is 132 cm³/mol. The van der Waals surface area contributed by atoms with E-state index in [-0.39, 0.29) is 11.5 Å². The van der Waals surface area contributed by atoms with E-state index in [0.29, 0.717) is 27.6 Å². The van der Waals surface area contributed by atoms with Crippen LogP contribution in [0.25, 0.3) is 0 Å². The Hall–Kier alpha value is -0.340. The number of fused-ring (bicyclic) bond motifs is 2. The standard InChI is InChI=1S/C30H50O2/c1-20(9-8-14-25(2,3)32)21-12-15-28(7)23-11-10-22-26(4,5)24(31)13-16-29(22)19-30(23,29)18-17-27(21,28)6/h8-9,20-24,31-32H,10-19H2,1-7H3/t20-,21-,22+,23+,24+,27-,28+,29-,30+/m1/s1. The van der Waals surface area contributed by atoms with Crippen LogP contribution in [0.3, 0.4) is 0 Å². The molecule has 2 heteroatoms. The molecule has 2 nitrogen and oxygen atoms in total. The van der Waals surface area contributed by atoms with Crippen molar-refractivity contribution in [3.63, 3.8) is 0 Å². The lowest BCUT2D eigenvalue weighted by Crippen LogP contribution is -2.57. The first-order valence-electron chi connectivity index (χ1n) is 13.8. The zero-order chi connectivity index (χ0) is 23.4. The van der Waals surface area contributed by atoms with E-state index in [4.69, 9.17) is 0 Å². The van der Waals surface area contributed by atoms with Gasteiger partial charge in [-0.3, -0.25) is 0 Å². The molecule has 5 saturated carbocycles. The van der Waals surface area contributed by atoms with Gasteiger partial charge in [0, 0.05) is 0 Å². The molecule has 2 N–H and O–H groups in total. The van der Waals surface area contributed by atoms with Crippen molar-refractivity contribution in [1.82, 2.24) is 0 Å². The lowest BCUT2D eigenvalue weighted by molar-refractivity contribution is -0.160. The summed E-state index contributed by atoms with van der Waals surface area (Å²) >= 11 is 0. The molecule has 0 aromatic rings. The van der Waals surface area contributed by atoms with Gasteiger partial charge in [0.05, 0.1) is 11.7 Å². The molecule has 0 bridgehead atoms. The van der Waals surface area contributed by atoms with E-state index >= 15 is 0 Å². The van der Waals surface area contributed by atoms with E-state index < -0.39 is 5.60 Å². The minimum Gasteiger partial charge on any atom is -0.393 e. The Morgan fingerprint density at radius 2 is 1.53 bits per heavy atom. The number of hydrogen-bond donors (Lipinski definition) is 2. The van der Waals surface area contributed by atoms with Gasteiger partial charge >= 0.3 is 0 Å². The predicted octanol–water partition coefficient (Wildman–Crippen LogP) is 7.14. The largest absolute Gasteiger partial charge is 0.393 e. The van der Waals surface area contributed by atoms with Gasteiger partial charge in [0.25, 0.3) is 0 Å². The number of allylic oxidation sites excluding steroid dienone is 1. The molecule has 0 aromatic heterocycles. The highest BCUT2D eigenvalue weighted by molar-refractivity contribution is 5.30. The van der Waals surface area contributed by atoms with Crippen molar-refractivity contribution < 1.29 is 10.2 Å². The summed E-state index contributed by atoms with van der Waals surface area (Å²) in [7, 11) is 0. The fourth-order valence-electron chi connectivity index (χ4n) is 10.9. The van der Waals surface area contributed by atoms with Crippen LogP contribution in [0.5, 0.6) is 0 Å². The van der Waals surface area contributed by atoms with E-state index in [2.05, 4.69) is 46.8 Å². The highest BCUT2D eigenvalue weighted by Gasteiger charge is 2.82. The fraction of sp³-hybridized carbons (Fsp3) is 0.933. The van der Waals surface area contributed by atoms with Crippen LogP contribution in [0, 0.1) is 50.7 Å². The monoisotopic (exact) mass is 442 g/mol. The molecule has 0 amide bonds. The second-order valence-electron chi connectivity index (χ2n) is 14.8. The lowest BCUT2D eigenvalue weighted by atomic mass is 9.42. The van der Waals surface area contributed by atoms with Crippen molar-refractivity contribution >= 4 is 0 Å².